The molecule has 1 nitrogen and oxygen atoms in total. The van der Waals surface area contributed by atoms with Crippen LogP contribution in [0.2, 0.25) is 0 Å². The van der Waals surface area contributed by atoms with Crippen molar-refractivity contribution in [1.82, 2.24) is 0 Å². The van der Waals surface area contributed by atoms with Crippen molar-refractivity contribution in [3.8, 4) is 0 Å². The van der Waals surface area contributed by atoms with Crippen LogP contribution in [0, 0.1) is 5.41 Å². The van der Waals surface area contributed by atoms with E-state index in [1.165, 1.54) is 127 Å². The number of nitrogens with zero attached hydrogens (tertiary/aromatic N) is 1. The summed E-state index contributed by atoms with van der Waals surface area (Å²) in [6.07, 6.45) is 22.5. The predicted octanol–water partition coefficient (Wildman–Crippen LogP) is 9.54. The fourth-order valence-corrected chi connectivity index (χ4v) is 6.14. The van der Waals surface area contributed by atoms with Crippen LogP contribution in [0.25, 0.3) is 0 Å². The molecule has 0 rings (SSSR count). The zero-order valence-corrected chi connectivity index (χ0v) is 22.0. The second-order valence-corrected chi connectivity index (χ2v) is 10.2. The Balaban J connectivity index is 5.67. The van der Waals surface area contributed by atoms with Crippen molar-refractivity contribution in [3.05, 3.63) is 0 Å². The van der Waals surface area contributed by atoms with Gasteiger partial charge in [-0.1, -0.05) is 93.4 Å². The van der Waals surface area contributed by atoms with Crippen molar-refractivity contribution in [2.24, 2.45) is 5.41 Å². The summed E-state index contributed by atoms with van der Waals surface area (Å²) < 4.78 is 1.45. The Bertz CT molecular complexity index is 309. The summed E-state index contributed by atoms with van der Waals surface area (Å²) in [5.74, 6) is 0. The van der Waals surface area contributed by atoms with Crippen molar-refractivity contribution in [2.45, 2.75) is 157 Å². The van der Waals surface area contributed by atoms with E-state index in [1.807, 2.05) is 0 Å². The van der Waals surface area contributed by atoms with Crippen molar-refractivity contribution < 1.29 is 4.48 Å². The quantitative estimate of drug-likeness (QED) is 0.165. The number of hydrogen-bond acceptors (Lipinski definition) is 0. The highest BCUT2D eigenvalue weighted by molar-refractivity contribution is 4.80. The van der Waals surface area contributed by atoms with Gasteiger partial charge in [0.2, 0.25) is 0 Å². The third-order valence-corrected chi connectivity index (χ3v) is 7.62. The summed E-state index contributed by atoms with van der Waals surface area (Å²) in [7, 11) is 0. The van der Waals surface area contributed by atoms with Crippen LogP contribution >= 0.6 is 0 Å². The average Bonchev–Trinajstić information content (AvgIpc) is 2.71. The summed E-state index contributed by atoms with van der Waals surface area (Å²) >= 11 is 0. The van der Waals surface area contributed by atoms with E-state index in [9.17, 15) is 0 Å². The van der Waals surface area contributed by atoms with E-state index < -0.39 is 0 Å². The minimum Gasteiger partial charge on any atom is -0.321 e. The largest absolute Gasteiger partial charge is 0.321 e. The van der Waals surface area contributed by atoms with E-state index in [0.717, 1.165) is 6.04 Å². The molecule has 0 heterocycles. The van der Waals surface area contributed by atoms with Crippen LogP contribution in [-0.4, -0.2) is 30.2 Å². The van der Waals surface area contributed by atoms with Gasteiger partial charge in [0.05, 0.1) is 25.7 Å². The molecule has 0 bridgehead atoms. The van der Waals surface area contributed by atoms with Crippen LogP contribution in [0.5, 0.6) is 0 Å². The second-order valence-electron chi connectivity index (χ2n) is 10.2. The molecule has 0 radical (unpaired) electrons. The molecule has 0 saturated carbocycles. The highest BCUT2D eigenvalue weighted by Crippen LogP contribution is 2.41. The first kappa shape index (κ1) is 29.0. The van der Waals surface area contributed by atoms with Crippen molar-refractivity contribution in [3.63, 3.8) is 0 Å². The molecular formula is C28H60N+. The van der Waals surface area contributed by atoms with Crippen LogP contribution < -0.4 is 0 Å². The summed E-state index contributed by atoms with van der Waals surface area (Å²) in [6, 6.07) is 0.898. The lowest BCUT2D eigenvalue weighted by atomic mass is 9.71. The number of unbranched alkanes of at least 4 members (excludes halogenated alkanes) is 3. The van der Waals surface area contributed by atoms with Crippen LogP contribution in [0.4, 0.5) is 0 Å². The van der Waals surface area contributed by atoms with Gasteiger partial charge in [-0.05, 0) is 63.2 Å². The van der Waals surface area contributed by atoms with E-state index >= 15 is 0 Å². The van der Waals surface area contributed by atoms with Gasteiger partial charge in [0.1, 0.15) is 0 Å². The first-order valence-electron chi connectivity index (χ1n) is 13.9. The Morgan fingerprint density at radius 3 is 1.21 bits per heavy atom. The predicted molar refractivity (Wildman–Crippen MR) is 135 cm³/mol. The SMILES string of the molecule is CCCC[N+](CCCC)(CCCC)C(CCC)CCC(CCC)(CCC)CCC. The number of hydrogen-bond donors (Lipinski definition) is 0. The van der Waals surface area contributed by atoms with Gasteiger partial charge in [-0.25, -0.2) is 0 Å². The van der Waals surface area contributed by atoms with Gasteiger partial charge in [-0.15, -0.1) is 0 Å². The standard InChI is InChI=1S/C28H60N/c1-8-15-24-29(25-16-9-2,26-17-10-3)27(18-11-4)19-23-28(20-12-5,21-13-6)22-14-7/h27H,8-26H2,1-7H3/q+1. The van der Waals surface area contributed by atoms with Crippen molar-refractivity contribution >= 4 is 0 Å². The Morgan fingerprint density at radius 2 is 0.897 bits per heavy atom. The first-order valence-corrected chi connectivity index (χ1v) is 13.9. The second kappa shape index (κ2) is 17.6. The molecule has 1 heteroatoms. The van der Waals surface area contributed by atoms with Gasteiger partial charge >= 0.3 is 0 Å². The minimum absolute atomic E-state index is 0.625. The van der Waals surface area contributed by atoms with E-state index in [0.29, 0.717) is 5.41 Å². The third kappa shape index (κ3) is 10.7. The maximum absolute atomic E-state index is 2.43. The molecule has 0 aromatic rings. The van der Waals surface area contributed by atoms with E-state index in [1.54, 1.807) is 0 Å². The molecule has 0 aliphatic rings. The molecule has 0 aromatic carbocycles. The fourth-order valence-electron chi connectivity index (χ4n) is 6.14. The zero-order chi connectivity index (χ0) is 22.0. The summed E-state index contributed by atoms with van der Waals surface area (Å²) in [5, 5.41) is 0. The molecule has 0 N–H and O–H groups in total. The molecule has 0 aliphatic carbocycles. The van der Waals surface area contributed by atoms with Crippen LogP contribution in [0.3, 0.4) is 0 Å². The lowest BCUT2D eigenvalue weighted by Crippen LogP contribution is -2.57. The van der Waals surface area contributed by atoms with Crippen molar-refractivity contribution in [1.29, 1.82) is 0 Å². The molecule has 0 aliphatic heterocycles. The lowest BCUT2D eigenvalue weighted by Gasteiger charge is -2.47. The monoisotopic (exact) mass is 410 g/mol. The van der Waals surface area contributed by atoms with E-state index in [4.69, 9.17) is 0 Å². The maximum atomic E-state index is 2.43. The van der Waals surface area contributed by atoms with Crippen LogP contribution in [0.1, 0.15) is 151 Å². The van der Waals surface area contributed by atoms with Crippen LogP contribution in [0.15, 0.2) is 0 Å². The molecule has 1 unspecified atom stereocenters. The molecule has 0 aromatic heterocycles. The average molecular weight is 411 g/mol. The minimum atomic E-state index is 0.625. The van der Waals surface area contributed by atoms with Gasteiger partial charge in [0, 0.05) is 0 Å². The number of rotatable bonds is 21. The van der Waals surface area contributed by atoms with Gasteiger partial charge in [0.15, 0.2) is 0 Å². The lowest BCUT2D eigenvalue weighted by molar-refractivity contribution is -0.952. The Hall–Kier alpha value is -0.0400. The molecular weight excluding hydrogens is 350 g/mol. The molecule has 176 valence electrons. The fraction of sp³-hybridized carbons (Fsp3) is 1.00. The maximum Gasteiger partial charge on any atom is 0.0890 e. The molecule has 0 saturated heterocycles. The Morgan fingerprint density at radius 1 is 0.483 bits per heavy atom. The van der Waals surface area contributed by atoms with Crippen molar-refractivity contribution in [2.75, 3.05) is 19.6 Å². The highest BCUT2D eigenvalue weighted by Gasteiger charge is 2.37. The smallest absolute Gasteiger partial charge is 0.0890 e. The van der Waals surface area contributed by atoms with Crippen LogP contribution in [-0.2, 0) is 0 Å². The zero-order valence-electron chi connectivity index (χ0n) is 22.0. The molecule has 0 amide bonds. The summed E-state index contributed by atoms with van der Waals surface area (Å²) in [4.78, 5) is 0. The Labute approximate surface area is 187 Å². The summed E-state index contributed by atoms with van der Waals surface area (Å²) in [6.45, 7) is 21.1. The Kier molecular flexibility index (Phi) is 17.6. The summed E-state index contributed by atoms with van der Waals surface area (Å²) in [5.41, 5.74) is 0.625. The topological polar surface area (TPSA) is 0 Å². The van der Waals surface area contributed by atoms with Gasteiger partial charge in [-0.2, -0.15) is 0 Å². The third-order valence-electron chi connectivity index (χ3n) is 7.62. The number of quaternary nitrogens is 1. The molecule has 0 spiro atoms. The molecule has 1 atom stereocenters. The van der Waals surface area contributed by atoms with Gasteiger partial charge in [0.25, 0.3) is 0 Å². The normalized spacial score (nSPS) is 13.8. The first-order chi connectivity index (χ1) is 14.0. The van der Waals surface area contributed by atoms with E-state index in [-0.39, 0.29) is 0 Å². The van der Waals surface area contributed by atoms with Gasteiger partial charge in [-0.3, -0.25) is 0 Å². The van der Waals surface area contributed by atoms with Gasteiger partial charge < -0.3 is 4.48 Å². The van der Waals surface area contributed by atoms with E-state index in [2.05, 4.69) is 48.5 Å². The highest BCUT2D eigenvalue weighted by atomic mass is 15.4. The molecule has 29 heavy (non-hydrogen) atoms. The molecule has 0 fully saturated rings.